The Balaban J connectivity index is 2.18. The van der Waals surface area contributed by atoms with Gasteiger partial charge in [0.2, 0.25) is 0 Å². The molecule has 0 aliphatic rings. The summed E-state index contributed by atoms with van der Waals surface area (Å²) >= 11 is 6.03. The van der Waals surface area contributed by atoms with Crippen LogP contribution in [0.5, 0.6) is 5.75 Å². The Morgan fingerprint density at radius 1 is 1.40 bits per heavy atom. The van der Waals surface area contributed by atoms with Gasteiger partial charge in [-0.2, -0.15) is 5.26 Å². The van der Waals surface area contributed by atoms with Crippen molar-refractivity contribution in [2.24, 2.45) is 5.92 Å². The SMILES string of the molecule is CC(C)Cn1nnc(C#N)c1COc1ccccc1Cl. The van der Waals surface area contributed by atoms with Crippen LogP contribution in [0.4, 0.5) is 0 Å². The van der Waals surface area contributed by atoms with E-state index in [-0.39, 0.29) is 12.3 Å². The molecule has 0 amide bonds. The topological polar surface area (TPSA) is 63.7 Å². The molecule has 1 heterocycles. The van der Waals surface area contributed by atoms with Crippen molar-refractivity contribution >= 4 is 11.6 Å². The largest absolute Gasteiger partial charge is 0.486 e. The van der Waals surface area contributed by atoms with Crippen molar-refractivity contribution in [1.29, 1.82) is 5.26 Å². The van der Waals surface area contributed by atoms with Crippen LogP contribution in [-0.2, 0) is 13.2 Å². The summed E-state index contributed by atoms with van der Waals surface area (Å²) in [6.45, 7) is 5.06. The summed E-state index contributed by atoms with van der Waals surface area (Å²) in [7, 11) is 0. The zero-order valence-corrected chi connectivity index (χ0v) is 12.1. The molecule has 1 aromatic heterocycles. The van der Waals surface area contributed by atoms with Crippen LogP contribution in [0.3, 0.4) is 0 Å². The number of benzene rings is 1. The van der Waals surface area contributed by atoms with Crippen molar-refractivity contribution in [3.63, 3.8) is 0 Å². The van der Waals surface area contributed by atoms with E-state index in [0.29, 0.717) is 28.9 Å². The molecular formula is C14H15ClN4O. The third-order valence-electron chi connectivity index (χ3n) is 2.68. The van der Waals surface area contributed by atoms with Gasteiger partial charge >= 0.3 is 0 Å². The van der Waals surface area contributed by atoms with Gasteiger partial charge < -0.3 is 4.74 Å². The minimum atomic E-state index is 0.215. The van der Waals surface area contributed by atoms with E-state index in [0.717, 1.165) is 0 Å². The van der Waals surface area contributed by atoms with Crippen LogP contribution < -0.4 is 4.74 Å². The van der Waals surface area contributed by atoms with Gasteiger partial charge in [0, 0.05) is 6.54 Å². The van der Waals surface area contributed by atoms with Crippen molar-refractivity contribution in [2.75, 3.05) is 0 Å². The first-order chi connectivity index (χ1) is 9.61. The molecule has 0 spiro atoms. The molecule has 0 N–H and O–H groups in total. The zero-order valence-electron chi connectivity index (χ0n) is 11.4. The van der Waals surface area contributed by atoms with E-state index in [4.69, 9.17) is 21.6 Å². The average molecular weight is 291 g/mol. The lowest BCUT2D eigenvalue weighted by Crippen LogP contribution is -2.12. The molecule has 1 aromatic carbocycles. The van der Waals surface area contributed by atoms with Crippen molar-refractivity contribution in [3.8, 4) is 11.8 Å². The van der Waals surface area contributed by atoms with E-state index in [1.54, 1.807) is 16.8 Å². The number of nitrogens with zero attached hydrogens (tertiary/aromatic N) is 4. The molecule has 0 bridgehead atoms. The van der Waals surface area contributed by atoms with Gasteiger partial charge in [0.25, 0.3) is 0 Å². The summed E-state index contributed by atoms with van der Waals surface area (Å²) in [6.07, 6.45) is 0. The lowest BCUT2D eigenvalue weighted by Gasteiger charge is -2.11. The highest BCUT2D eigenvalue weighted by Crippen LogP contribution is 2.24. The van der Waals surface area contributed by atoms with Crippen molar-refractivity contribution < 1.29 is 4.74 Å². The second-order valence-corrected chi connectivity index (χ2v) is 5.20. The lowest BCUT2D eigenvalue weighted by molar-refractivity contribution is 0.287. The minimum absolute atomic E-state index is 0.215. The maximum Gasteiger partial charge on any atom is 0.189 e. The Morgan fingerprint density at radius 3 is 2.80 bits per heavy atom. The third kappa shape index (κ3) is 3.28. The standard InChI is InChI=1S/C14H15ClN4O/c1-10(2)8-19-13(12(7-16)17-18-19)9-20-14-6-4-3-5-11(14)15/h3-6,10H,8-9H2,1-2H3. The molecule has 0 saturated carbocycles. The van der Waals surface area contributed by atoms with Crippen LogP contribution in [0.15, 0.2) is 24.3 Å². The minimum Gasteiger partial charge on any atom is -0.486 e. The highest BCUT2D eigenvalue weighted by molar-refractivity contribution is 6.32. The van der Waals surface area contributed by atoms with Gasteiger partial charge in [-0.3, -0.25) is 0 Å². The second kappa shape index (κ2) is 6.40. The van der Waals surface area contributed by atoms with E-state index in [1.165, 1.54) is 0 Å². The molecular weight excluding hydrogens is 276 g/mol. The maximum atomic E-state index is 9.07. The first kappa shape index (κ1) is 14.4. The Hall–Kier alpha value is -2.06. The van der Waals surface area contributed by atoms with Crippen LogP contribution in [-0.4, -0.2) is 15.0 Å². The number of halogens is 1. The molecule has 0 aliphatic heterocycles. The number of rotatable bonds is 5. The summed E-state index contributed by atoms with van der Waals surface area (Å²) in [5, 5.41) is 17.5. The summed E-state index contributed by atoms with van der Waals surface area (Å²) in [5.41, 5.74) is 0.957. The molecule has 5 nitrogen and oxygen atoms in total. The first-order valence-electron chi connectivity index (χ1n) is 6.31. The number of aromatic nitrogens is 3. The zero-order chi connectivity index (χ0) is 14.5. The van der Waals surface area contributed by atoms with Crippen LogP contribution in [0.25, 0.3) is 0 Å². The molecule has 0 radical (unpaired) electrons. The van der Waals surface area contributed by atoms with Gasteiger partial charge in [0.15, 0.2) is 5.69 Å². The fraction of sp³-hybridized carbons (Fsp3) is 0.357. The molecule has 0 aliphatic carbocycles. The van der Waals surface area contributed by atoms with Gasteiger partial charge in [0.1, 0.15) is 24.1 Å². The summed E-state index contributed by atoms with van der Waals surface area (Å²) < 4.78 is 7.37. The monoisotopic (exact) mass is 290 g/mol. The van der Waals surface area contributed by atoms with Crippen LogP contribution in [0.1, 0.15) is 25.2 Å². The Morgan fingerprint density at radius 2 is 2.15 bits per heavy atom. The molecule has 2 aromatic rings. The molecule has 104 valence electrons. The van der Waals surface area contributed by atoms with E-state index >= 15 is 0 Å². The number of para-hydroxylation sites is 1. The number of hydrogen-bond acceptors (Lipinski definition) is 4. The average Bonchev–Trinajstić information content (AvgIpc) is 2.79. The maximum absolute atomic E-state index is 9.07. The molecule has 0 unspecified atom stereocenters. The Kier molecular flexibility index (Phi) is 4.59. The van der Waals surface area contributed by atoms with Gasteiger partial charge in [-0.05, 0) is 18.1 Å². The lowest BCUT2D eigenvalue weighted by atomic mass is 10.2. The van der Waals surface area contributed by atoms with Crippen LogP contribution in [0.2, 0.25) is 5.02 Å². The quantitative estimate of drug-likeness (QED) is 0.849. The smallest absolute Gasteiger partial charge is 0.189 e. The van der Waals surface area contributed by atoms with E-state index in [1.807, 2.05) is 18.2 Å². The predicted molar refractivity (Wildman–Crippen MR) is 75.4 cm³/mol. The predicted octanol–water partition coefficient (Wildman–Crippen LogP) is 3.04. The second-order valence-electron chi connectivity index (χ2n) is 4.79. The molecule has 0 saturated heterocycles. The Bertz CT molecular complexity index is 630. The van der Waals surface area contributed by atoms with Gasteiger partial charge in [0.05, 0.1) is 5.02 Å². The van der Waals surface area contributed by atoms with Gasteiger partial charge in [-0.25, -0.2) is 4.68 Å². The number of nitriles is 1. The highest BCUT2D eigenvalue weighted by Gasteiger charge is 2.14. The van der Waals surface area contributed by atoms with E-state index < -0.39 is 0 Å². The van der Waals surface area contributed by atoms with Gasteiger partial charge in [-0.15, -0.1) is 5.10 Å². The fourth-order valence-electron chi connectivity index (χ4n) is 1.76. The van der Waals surface area contributed by atoms with E-state index in [2.05, 4.69) is 24.2 Å². The third-order valence-corrected chi connectivity index (χ3v) is 2.99. The van der Waals surface area contributed by atoms with Gasteiger partial charge in [-0.1, -0.05) is 42.8 Å². The van der Waals surface area contributed by atoms with Crippen LogP contribution in [0, 0.1) is 17.2 Å². The Labute approximate surface area is 122 Å². The number of hydrogen-bond donors (Lipinski definition) is 0. The summed E-state index contributed by atoms with van der Waals surface area (Å²) in [5.74, 6) is 0.984. The van der Waals surface area contributed by atoms with Crippen LogP contribution >= 0.6 is 11.6 Å². The normalized spacial score (nSPS) is 10.6. The highest BCUT2D eigenvalue weighted by atomic mass is 35.5. The van der Waals surface area contributed by atoms with Crippen molar-refractivity contribution in [2.45, 2.75) is 27.0 Å². The van der Waals surface area contributed by atoms with Crippen molar-refractivity contribution in [3.05, 3.63) is 40.7 Å². The number of ether oxygens (including phenoxy) is 1. The molecule has 6 heteroatoms. The molecule has 0 fully saturated rings. The first-order valence-corrected chi connectivity index (χ1v) is 6.69. The van der Waals surface area contributed by atoms with Crippen molar-refractivity contribution in [1.82, 2.24) is 15.0 Å². The fourth-order valence-corrected chi connectivity index (χ4v) is 1.95. The molecule has 2 rings (SSSR count). The summed E-state index contributed by atoms with van der Waals surface area (Å²) in [4.78, 5) is 0. The summed E-state index contributed by atoms with van der Waals surface area (Å²) in [6, 6.07) is 9.25. The molecule has 20 heavy (non-hydrogen) atoms. The van der Waals surface area contributed by atoms with E-state index in [9.17, 15) is 0 Å². The molecule has 0 atom stereocenters.